The highest BCUT2D eigenvalue weighted by Crippen LogP contribution is 2.15. The maximum absolute atomic E-state index is 9.29. The molecule has 0 saturated carbocycles. The highest BCUT2D eigenvalue weighted by molar-refractivity contribution is 7.99. The Morgan fingerprint density at radius 2 is 2.07 bits per heavy atom. The molecule has 3 heteroatoms. The van der Waals surface area contributed by atoms with Crippen molar-refractivity contribution >= 4 is 11.8 Å². The Hall–Kier alpha value is 0.270. The van der Waals surface area contributed by atoms with Gasteiger partial charge < -0.3 is 10.4 Å². The van der Waals surface area contributed by atoms with Crippen LogP contribution in [0.15, 0.2) is 0 Å². The molecule has 0 bridgehead atoms. The monoisotopic (exact) mass is 233 g/mol. The molecule has 2 nitrogen and oxygen atoms in total. The van der Waals surface area contributed by atoms with Crippen LogP contribution >= 0.6 is 11.8 Å². The van der Waals surface area contributed by atoms with Gasteiger partial charge in [-0.15, -0.1) is 0 Å². The second kappa shape index (κ2) is 8.43. The first-order chi connectivity index (χ1) is 7.04. The highest BCUT2D eigenvalue weighted by Gasteiger charge is 2.20. The molecule has 92 valence electrons. The van der Waals surface area contributed by atoms with Gasteiger partial charge in [-0.25, -0.2) is 0 Å². The Bertz CT molecular complexity index is 153. The lowest BCUT2D eigenvalue weighted by Gasteiger charge is -2.28. The molecule has 1 unspecified atom stereocenters. The van der Waals surface area contributed by atoms with Gasteiger partial charge in [-0.3, -0.25) is 0 Å². The van der Waals surface area contributed by atoms with Crippen LogP contribution in [0.4, 0.5) is 0 Å². The lowest BCUT2D eigenvalue weighted by molar-refractivity contribution is 0.167. The first kappa shape index (κ1) is 15.3. The third kappa shape index (κ3) is 8.12. The van der Waals surface area contributed by atoms with Gasteiger partial charge in [0, 0.05) is 5.54 Å². The fourth-order valence-corrected chi connectivity index (χ4v) is 2.52. The van der Waals surface area contributed by atoms with Gasteiger partial charge in [-0.1, -0.05) is 20.8 Å². The Labute approximate surface area is 99.2 Å². The van der Waals surface area contributed by atoms with Crippen LogP contribution in [0, 0.1) is 5.92 Å². The van der Waals surface area contributed by atoms with Gasteiger partial charge in [0.15, 0.2) is 0 Å². The molecule has 0 rings (SSSR count). The van der Waals surface area contributed by atoms with E-state index in [4.69, 9.17) is 0 Å². The van der Waals surface area contributed by atoms with E-state index >= 15 is 0 Å². The van der Waals surface area contributed by atoms with Crippen LogP contribution in [-0.2, 0) is 0 Å². The molecule has 1 atom stereocenters. The molecule has 0 aromatic rings. The number of likely N-dealkylation sites (N-methyl/N-ethyl adjacent to an activating group) is 1. The van der Waals surface area contributed by atoms with Crippen LogP contribution in [-0.4, -0.2) is 35.3 Å². The van der Waals surface area contributed by atoms with Crippen molar-refractivity contribution in [2.24, 2.45) is 5.92 Å². The summed E-state index contributed by atoms with van der Waals surface area (Å²) in [6.07, 6.45) is 2.24. The molecule has 2 N–H and O–H groups in total. The van der Waals surface area contributed by atoms with Gasteiger partial charge in [0.05, 0.1) is 6.61 Å². The highest BCUT2D eigenvalue weighted by atomic mass is 32.2. The summed E-state index contributed by atoms with van der Waals surface area (Å²) >= 11 is 2.02. The van der Waals surface area contributed by atoms with Crippen molar-refractivity contribution in [3.63, 3.8) is 0 Å². The Morgan fingerprint density at radius 1 is 1.40 bits per heavy atom. The van der Waals surface area contributed by atoms with Crippen molar-refractivity contribution in [3.8, 4) is 0 Å². The molecule has 0 aromatic carbocycles. The number of aliphatic hydroxyl groups is 1. The fourth-order valence-electron chi connectivity index (χ4n) is 1.53. The molecule has 0 spiro atoms. The molecule has 0 aliphatic rings. The smallest absolute Gasteiger partial charge is 0.0610 e. The van der Waals surface area contributed by atoms with Crippen LogP contribution < -0.4 is 5.32 Å². The quantitative estimate of drug-likeness (QED) is 0.600. The number of hydrogen-bond donors (Lipinski definition) is 2. The van der Waals surface area contributed by atoms with Crippen LogP contribution in [0.2, 0.25) is 0 Å². The number of hydrogen-bond acceptors (Lipinski definition) is 3. The largest absolute Gasteiger partial charge is 0.394 e. The van der Waals surface area contributed by atoms with E-state index < -0.39 is 0 Å². The molecule has 0 aliphatic heterocycles. The van der Waals surface area contributed by atoms with Crippen molar-refractivity contribution < 1.29 is 5.11 Å². The minimum atomic E-state index is -0.0762. The predicted molar refractivity (Wildman–Crippen MR) is 70.6 cm³/mol. The third-order valence-electron chi connectivity index (χ3n) is 2.42. The zero-order valence-electron chi connectivity index (χ0n) is 10.7. The van der Waals surface area contributed by atoms with Crippen LogP contribution in [0.1, 0.15) is 40.5 Å². The van der Waals surface area contributed by atoms with Crippen LogP contribution in [0.5, 0.6) is 0 Å². The molecule has 0 heterocycles. The second-order valence-corrected chi connectivity index (χ2v) is 5.97. The van der Waals surface area contributed by atoms with E-state index in [9.17, 15) is 5.11 Å². The van der Waals surface area contributed by atoms with Gasteiger partial charge in [0.1, 0.15) is 0 Å². The van der Waals surface area contributed by atoms with E-state index in [1.54, 1.807) is 0 Å². The molecule has 0 aromatic heterocycles. The molecule has 0 fully saturated rings. The number of aliphatic hydroxyl groups excluding tert-OH is 1. The van der Waals surface area contributed by atoms with E-state index in [1.807, 2.05) is 11.8 Å². The Kier molecular flexibility index (Phi) is 8.58. The van der Waals surface area contributed by atoms with E-state index in [0.29, 0.717) is 0 Å². The van der Waals surface area contributed by atoms with E-state index in [1.165, 1.54) is 17.9 Å². The van der Waals surface area contributed by atoms with Crippen LogP contribution in [0.3, 0.4) is 0 Å². The van der Waals surface area contributed by atoms with Crippen molar-refractivity contribution in [1.29, 1.82) is 0 Å². The van der Waals surface area contributed by atoms with E-state index in [0.717, 1.165) is 18.9 Å². The molecule has 0 saturated heterocycles. The summed E-state index contributed by atoms with van der Waals surface area (Å²) in [7, 11) is 0. The normalized spacial score (nSPS) is 15.6. The van der Waals surface area contributed by atoms with Gasteiger partial charge in [-0.2, -0.15) is 11.8 Å². The summed E-state index contributed by atoms with van der Waals surface area (Å²) in [6.45, 7) is 9.85. The Balaban J connectivity index is 3.54. The average Bonchev–Trinajstić information content (AvgIpc) is 2.17. The SMILES string of the molecule is CCNC(C)(CO)CCCSCC(C)C. The number of rotatable bonds is 9. The second-order valence-electron chi connectivity index (χ2n) is 4.82. The minimum absolute atomic E-state index is 0.0762. The maximum atomic E-state index is 9.29. The third-order valence-corrected chi connectivity index (χ3v) is 3.90. The Morgan fingerprint density at radius 3 is 2.53 bits per heavy atom. The first-order valence-corrected chi connectivity index (χ1v) is 7.13. The molecule has 0 aliphatic carbocycles. The average molecular weight is 233 g/mol. The summed E-state index contributed by atoms with van der Waals surface area (Å²) in [6, 6.07) is 0. The van der Waals surface area contributed by atoms with Crippen molar-refractivity contribution in [2.75, 3.05) is 24.7 Å². The van der Waals surface area contributed by atoms with Gasteiger partial charge in [0.25, 0.3) is 0 Å². The van der Waals surface area contributed by atoms with Crippen LogP contribution in [0.25, 0.3) is 0 Å². The summed E-state index contributed by atoms with van der Waals surface area (Å²) in [4.78, 5) is 0. The molecular weight excluding hydrogens is 206 g/mol. The minimum Gasteiger partial charge on any atom is -0.394 e. The topological polar surface area (TPSA) is 32.3 Å². The summed E-state index contributed by atoms with van der Waals surface area (Å²) in [5, 5.41) is 12.6. The van der Waals surface area contributed by atoms with Crippen molar-refractivity contribution in [2.45, 2.75) is 46.1 Å². The van der Waals surface area contributed by atoms with Gasteiger partial charge in [-0.05, 0) is 43.7 Å². The number of thioether (sulfide) groups is 1. The van der Waals surface area contributed by atoms with Crippen molar-refractivity contribution in [3.05, 3.63) is 0 Å². The predicted octanol–water partition coefficient (Wildman–Crippen LogP) is 2.52. The van der Waals surface area contributed by atoms with E-state index in [-0.39, 0.29) is 12.1 Å². The number of nitrogens with one attached hydrogen (secondary N) is 1. The fraction of sp³-hybridized carbons (Fsp3) is 1.00. The molecular formula is C12H27NOS. The zero-order valence-corrected chi connectivity index (χ0v) is 11.5. The van der Waals surface area contributed by atoms with Gasteiger partial charge >= 0.3 is 0 Å². The summed E-state index contributed by atoms with van der Waals surface area (Å²) < 4.78 is 0. The first-order valence-electron chi connectivity index (χ1n) is 5.97. The molecule has 0 amide bonds. The van der Waals surface area contributed by atoms with Crippen molar-refractivity contribution in [1.82, 2.24) is 5.32 Å². The maximum Gasteiger partial charge on any atom is 0.0610 e. The lowest BCUT2D eigenvalue weighted by atomic mass is 9.97. The standard InChI is InChI=1S/C12H27NOS/c1-5-13-12(4,10-14)7-6-8-15-9-11(2)3/h11,13-14H,5-10H2,1-4H3. The summed E-state index contributed by atoms with van der Waals surface area (Å²) in [5.41, 5.74) is -0.0762. The molecule has 0 radical (unpaired) electrons. The lowest BCUT2D eigenvalue weighted by Crippen LogP contribution is -2.45. The summed E-state index contributed by atoms with van der Waals surface area (Å²) in [5.74, 6) is 3.24. The van der Waals surface area contributed by atoms with Gasteiger partial charge in [0.2, 0.25) is 0 Å². The molecule has 15 heavy (non-hydrogen) atoms. The zero-order chi connectivity index (χ0) is 11.7. The van der Waals surface area contributed by atoms with E-state index in [2.05, 4.69) is 33.0 Å².